The van der Waals surface area contributed by atoms with E-state index in [9.17, 15) is 4.79 Å². The molecule has 0 saturated carbocycles. The van der Waals surface area contributed by atoms with Crippen LogP contribution >= 0.6 is 0 Å². The average Bonchev–Trinajstić information content (AvgIpc) is 3.16. The zero-order chi connectivity index (χ0) is 20.1. The zero-order valence-electron chi connectivity index (χ0n) is 16.6. The number of aromatic amines is 1. The van der Waals surface area contributed by atoms with Crippen molar-refractivity contribution in [2.45, 2.75) is 19.4 Å². The zero-order valence-corrected chi connectivity index (χ0v) is 16.6. The van der Waals surface area contributed by atoms with E-state index >= 15 is 0 Å². The molecule has 0 radical (unpaired) electrons. The summed E-state index contributed by atoms with van der Waals surface area (Å²) in [6.07, 6.45) is 0.699. The first kappa shape index (κ1) is 19.7. The minimum atomic E-state index is -0.300. The lowest BCUT2D eigenvalue weighted by atomic mass is 9.93. The number of para-hydroxylation sites is 1. The van der Waals surface area contributed by atoms with Crippen molar-refractivity contribution in [2.75, 3.05) is 14.2 Å². The first-order valence-electron chi connectivity index (χ1n) is 9.38. The highest BCUT2D eigenvalue weighted by Gasteiger charge is 2.27. The lowest BCUT2D eigenvalue weighted by Gasteiger charge is -2.28. The second kappa shape index (κ2) is 8.76. The number of benzene rings is 2. The van der Waals surface area contributed by atoms with Gasteiger partial charge in [0.15, 0.2) is 0 Å². The molecular formula is C23H27N3O2. The molecule has 28 heavy (non-hydrogen) atoms. The highest BCUT2D eigenvalue weighted by atomic mass is 16.7. The molecule has 0 aliphatic rings. The van der Waals surface area contributed by atoms with Gasteiger partial charge in [-0.2, -0.15) is 0 Å². The smallest absolute Gasteiger partial charge is 0.250 e. The van der Waals surface area contributed by atoms with Gasteiger partial charge < -0.3 is 10.3 Å². The largest absolute Gasteiger partial charge is 0.380 e. The van der Waals surface area contributed by atoms with Gasteiger partial charge in [0.25, 0.3) is 5.91 Å². The van der Waals surface area contributed by atoms with Gasteiger partial charge in [-0.15, -0.1) is 0 Å². The lowest BCUT2D eigenvalue weighted by molar-refractivity contribution is -0.173. The fourth-order valence-electron chi connectivity index (χ4n) is 3.31. The van der Waals surface area contributed by atoms with Gasteiger partial charge in [-0.25, -0.2) is 5.06 Å². The first-order chi connectivity index (χ1) is 13.5. The summed E-state index contributed by atoms with van der Waals surface area (Å²) in [5.74, 6) is -0.383. The molecule has 1 amide bonds. The van der Waals surface area contributed by atoms with Crippen molar-refractivity contribution in [2.24, 2.45) is 5.92 Å². The number of carbonyl (C=O) groups is 1. The molecule has 5 nitrogen and oxygen atoms in total. The van der Waals surface area contributed by atoms with Crippen molar-refractivity contribution in [3.63, 3.8) is 0 Å². The summed E-state index contributed by atoms with van der Waals surface area (Å²) >= 11 is 0. The van der Waals surface area contributed by atoms with E-state index in [2.05, 4.69) is 41.1 Å². The van der Waals surface area contributed by atoms with Crippen molar-refractivity contribution in [1.82, 2.24) is 15.4 Å². The number of rotatable bonds is 8. The molecule has 1 heterocycles. The number of nitrogens with one attached hydrogen (secondary N) is 2. The summed E-state index contributed by atoms with van der Waals surface area (Å²) in [6.45, 7) is 6.12. The number of nitrogens with zero attached hydrogens (tertiary/aromatic N) is 1. The molecular weight excluding hydrogens is 350 g/mol. The van der Waals surface area contributed by atoms with Crippen molar-refractivity contribution >= 4 is 22.5 Å². The van der Waals surface area contributed by atoms with Crippen LogP contribution in [0.15, 0.2) is 67.2 Å². The van der Waals surface area contributed by atoms with E-state index in [1.54, 1.807) is 7.05 Å². The predicted octanol–water partition coefficient (Wildman–Crippen LogP) is 4.00. The van der Waals surface area contributed by atoms with Crippen molar-refractivity contribution in [1.29, 1.82) is 0 Å². The Hall–Kier alpha value is -3.05. The maximum atomic E-state index is 12.7. The second-order valence-corrected chi connectivity index (χ2v) is 7.00. The van der Waals surface area contributed by atoms with Crippen molar-refractivity contribution in [3.05, 3.63) is 78.5 Å². The van der Waals surface area contributed by atoms with Crippen molar-refractivity contribution in [3.8, 4) is 0 Å². The summed E-state index contributed by atoms with van der Waals surface area (Å²) in [5, 5.41) is 5.88. The Morgan fingerprint density at radius 1 is 1.18 bits per heavy atom. The summed E-state index contributed by atoms with van der Waals surface area (Å²) in [6, 6.07) is 20.2. The molecule has 3 rings (SSSR count). The van der Waals surface area contributed by atoms with Crippen LogP contribution in [0.5, 0.6) is 0 Å². The molecule has 5 heteroatoms. The SMILES string of the molecule is C=C(N[C@@H](Cc1ccccc1)[C@@H](C)C(=O)N(C)OC)c1cc2ccccc2[nH]1. The maximum absolute atomic E-state index is 12.7. The van der Waals surface area contributed by atoms with E-state index in [0.717, 1.165) is 27.9 Å². The fraction of sp³-hybridized carbons (Fsp3) is 0.261. The number of H-pyrrole nitrogens is 1. The standard InChI is InChI=1S/C23H27N3O2/c1-16(23(27)26(3)28-4)21(14-18-10-6-5-7-11-18)24-17(2)22-15-19-12-8-9-13-20(19)25-22/h5-13,15-16,21,24-25H,2,14H2,1,3-4H3/t16-,21+/m1/s1. The third kappa shape index (κ3) is 4.43. The number of hydrogen-bond donors (Lipinski definition) is 2. The summed E-state index contributed by atoms with van der Waals surface area (Å²) in [7, 11) is 3.12. The molecule has 0 spiro atoms. The van der Waals surface area contributed by atoms with Gasteiger partial charge in [0.1, 0.15) is 0 Å². The molecule has 0 saturated heterocycles. The van der Waals surface area contributed by atoms with Crippen LogP contribution in [-0.4, -0.2) is 36.2 Å². The van der Waals surface area contributed by atoms with Gasteiger partial charge in [0.05, 0.1) is 24.4 Å². The topological polar surface area (TPSA) is 57.4 Å². The number of hydroxylamine groups is 2. The van der Waals surface area contributed by atoms with Crippen LogP contribution in [-0.2, 0) is 16.1 Å². The van der Waals surface area contributed by atoms with Crippen LogP contribution in [0.25, 0.3) is 16.6 Å². The van der Waals surface area contributed by atoms with Gasteiger partial charge in [-0.05, 0) is 24.1 Å². The van der Waals surface area contributed by atoms with E-state index in [4.69, 9.17) is 4.84 Å². The van der Waals surface area contributed by atoms with Crippen molar-refractivity contribution < 1.29 is 9.63 Å². The molecule has 0 aliphatic heterocycles. The molecule has 0 bridgehead atoms. The average molecular weight is 377 g/mol. The van der Waals surface area contributed by atoms with Gasteiger partial charge >= 0.3 is 0 Å². The Balaban J connectivity index is 1.82. The maximum Gasteiger partial charge on any atom is 0.250 e. The Morgan fingerprint density at radius 3 is 2.54 bits per heavy atom. The monoisotopic (exact) mass is 377 g/mol. The molecule has 2 N–H and O–H groups in total. The number of hydrogen-bond acceptors (Lipinski definition) is 3. The second-order valence-electron chi connectivity index (χ2n) is 7.00. The minimum Gasteiger partial charge on any atom is -0.380 e. The van der Waals surface area contributed by atoms with Crippen LogP contribution in [0.1, 0.15) is 18.2 Å². The molecule has 1 aromatic heterocycles. The molecule has 0 aliphatic carbocycles. The summed E-state index contributed by atoms with van der Waals surface area (Å²) in [5.41, 5.74) is 3.89. The summed E-state index contributed by atoms with van der Waals surface area (Å²) in [4.78, 5) is 21.2. The van der Waals surface area contributed by atoms with E-state index < -0.39 is 0 Å². The molecule has 2 atom stereocenters. The van der Waals surface area contributed by atoms with E-state index in [-0.39, 0.29) is 17.9 Å². The minimum absolute atomic E-state index is 0.0830. The normalized spacial score (nSPS) is 13.1. The third-order valence-corrected chi connectivity index (χ3v) is 5.09. The lowest BCUT2D eigenvalue weighted by Crippen LogP contribution is -2.44. The summed E-state index contributed by atoms with van der Waals surface area (Å²) < 4.78 is 0. The predicted molar refractivity (Wildman–Crippen MR) is 113 cm³/mol. The van der Waals surface area contributed by atoms with Crippen LogP contribution in [0.2, 0.25) is 0 Å². The van der Waals surface area contributed by atoms with E-state index in [0.29, 0.717) is 6.42 Å². The molecule has 0 unspecified atom stereocenters. The Kier molecular flexibility index (Phi) is 6.16. The van der Waals surface area contributed by atoms with Crippen LogP contribution < -0.4 is 5.32 Å². The van der Waals surface area contributed by atoms with Crippen LogP contribution in [0.4, 0.5) is 0 Å². The highest BCUT2D eigenvalue weighted by Crippen LogP contribution is 2.21. The quantitative estimate of drug-likeness (QED) is 0.584. The first-order valence-corrected chi connectivity index (χ1v) is 9.38. The highest BCUT2D eigenvalue weighted by molar-refractivity contribution is 5.84. The van der Waals surface area contributed by atoms with Gasteiger partial charge in [0, 0.05) is 24.0 Å². The van der Waals surface area contributed by atoms with Gasteiger partial charge in [0.2, 0.25) is 0 Å². The Morgan fingerprint density at radius 2 is 1.86 bits per heavy atom. The fourth-order valence-corrected chi connectivity index (χ4v) is 3.31. The van der Waals surface area contributed by atoms with Crippen LogP contribution in [0.3, 0.4) is 0 Å². The molecule has 3 aromatic rings. The van der Waals surface area contributed by atoms with E-state index in [1.807, 2.05) is 43.3 Å². The third-order valence-electron chi connectivity index (χ3n) is 5.09. The van der Waals surface area contributed by atoms with E-state index in [1.165, 1.54) is 12.2 Å². The molecule has 2 aromatic carbocycles. The molecule has 0 fully saturated rings. The number of fused-ring (bicyclic) bond motifs is 1. The number of aromatic nitrogens is 1. The number of carbonyl (C=O) groups excluding carboxylic acids is 1. The Labute approximate surface area is 166 Å². The van der Waals surface area contributed by atoms with Crippen LogP contribution in [0, 0.1) is 5.92 Å². The van der Waals surface area contributed by atoms with Gasteiger partial charge in [-0.3, -0.25) is 9.63 Å². The van der Waals surface area contributed by atoms with Gasteiger partial charge in [-0.1, -0.05) is 62.0 Å². The molecule has 146 valence electrons. The number of amides is 1. The Bertz CT molecular complexity index is 916.